The van der Waals surface area contributed by atoms with Gasteiger partial charge in [-0.1, -0.05) is 41.9 Å². The molecule has 0 aromatic heterocycles. The topological polar surface area (TPSA) is 47.9 Å². The zero-order chi connectivity index (χ0) is 15.8. The van der Waals surface area contributed by atoms with Crippen molar-refractivity contribution < 1.29 is 19.3 Å². The molecule has 2 rings (SSSR count). The molecule has 22 heavy (non-hydrogen) atoms. The fourth-order valence-electron chi connectivity index (χ4n) is 1.89. The van der Waals surface area contributed by atoms with Gasteiger partial charge < -0.3 is 19.3 Å². The summed E-state index contributed by atoms with van der Waals surface area (Å²) in [5.74, 6) is 1.22. The molecule has 4 nitrogen and oxygen atoms in total. The molecule has 0 fully saturated rings. The Hall–Kier alpha value is -1.75. The summed E-state index contributed by atoms with van der Waals surface area (Å²) in [7, 11) is 1.57. The normalized spacial score (nSPS) is 12.0. The largest absolute Gasteiger partial charge is 0.493 e. The van der Waals surface area contributed by atoms with Crippen LogP contribution in [0.3, 0.4) is 0 Å². The number of ether oxygens (including phenoxy) is 3. The quantitative estimate of drug-likeness (QED) is 0.810. The molecule has 0 saturated carbocycles. The zero-order valence-electron chi connectivity index (χ0n) is 12.4. The Morgan fingerprint density at radius 1 is 1.00 bits per heavy atom. The Morgan fingerprint density at radius 2 is 1.68 bits per heavy atom. The summed E-state index contributed by atoms with van der Waals surface area (Å²) >= 11 is 6.03. The second-order valence-electron chi connectivity index (χ2n) is 4.72. The van der Waals surface area contributed by atoms with E-state index in [4.69, 9.17) is 25.8 Å². The van der Waals surface area contributed by atoms with Gasteiger partial charge in [0.1, 0.15) is 12.7 Å². The van der Waals surface area contributed by atoms with Crippen LogP contribution in [-0.2, 0) is 11.3 Å². The number of benzene rings is 2. The number of aliphatic hydroxyl groups is 1. The van der Waals surface area contributed by atoms with Gasteiger partial charge >= 0.3 is 0 Å². The first-order valence-corrected chi connectivity index (χ1v) is 7.33. The molecule has 1 unspecified atom stereocenters. The molecule has 0 aliphatic heterocycles. The van der Waals surface area contributed by atoms with Crippen LogP contribution in [0.5, 0.6) is 11.5 Å². The number of para-hydroxylation sites is 2. The van der Waals surface area contributed by atoms with Crippen molar-refractivity contribution in [3.63, 3.8) is 0 Å². The molecule has 0 aliphatic rings. The van der Waals surface area contributed by atoms with E-state index < -0.39 is 6.10 Å². The van der Waals surface area contributed by atoms with Crippen molar-refractivity contribution in [1.29, 1.82) is 0 Å². The molecule has 0 spiro atoms. The number of aliphatic hydroxyl groups excluding tert-OH is 1. The van der Waals surface area contributed by atoms with Gasteiger partial charge in [0.25, 0.3) is 0 Å². The second kappa shape index (κ2) is 8.63. The van der Waals surface area contributed by atoms with Crippen molar-refractivity contribution in [2.75, 3.05) is 20.3 Å². The van der Waals surface area contributed by atoms with E-state index in [1.165, 1.54) is 0 Å². The smallest absolute Gasteiger partial charge is 0.161 e. The second-order valence-corrected chi connectivity index (χ2v) is 5.13. The maximum atomic E-state index is 9.90. The van der Waals surface area contributed by atoms with Gasteiger partial charge in [-0.3, -0.25) is 0 Å². The van der Waals surface area contributed by atoms with Gasteiger partial charge in [-0.15, -0.1) is 0 Å². The average Bonchev–Trinajstić information content (AvgIpc) is 2.55. The Bertz CT molecular complexity index is 588. The van der Waals surface area contributed by atoms with Crippen LogP contribution < -0.4 is 9.47 Å². The monoisotopic (exact) mass is 322 g/mol. The summed E-state index contributed by atoms with van der Waals surface area (Å²) in [6, 6.07) is 14.7. The molecule has 2 aromatic rings. The van der Waals surface area contributed by atoms with E-state index in [1.54, 1.807) is 19.2 Å². The van der Waals surface area contributed by atoms with Gasteiger partial charge in [0, 0.05) is 5.02 Å². The van der Waals surface area contributed by atoms with Gasteiger partial charge in [-0.2, -0.15) is 0 Å². The predicted octanol–water partition coefficient (Wildman–Crippen LogP) is 3.31. The lowest BCUT2D eigenvalue weighted by atomic mass is 10.2. The van der Waals surface area contributed by atoms with Crippen LogP contribution in [0.1, 0.15) is 5.56 Å². The minimum atomic E-state index is -0.729. The number of rotatable bonds is 8. The first-order valence-electron chi connectivity index (χ1n) is 6.95. The highest BCUT2D eigenvalue weighted by atomic mass is 35.5. The van der Waals surface area contributed by atoms with Crippen molar-refractivity contribution in [1.82, 2.24) is 0 Å². The lowest BCUT2D eigenvalue weighted by Crippen LogP contribution is -2.23. The molecular weight excluding hydrogens is 304 g/mol. The highest BCUT2D eigenvalue weighted by Crippen LogP contribution is 2.25. The van der Waals surface area contributed by atoms with Gasteiger partial charge in [-0.25, -0.2) is 0 Å². The van der Waals surface area contributed by atoms with Crippen LogP contribution in [-0.4, -0.2) is 31.5 Å². The number of methoxy groups -OCH3 is 1. The standard InChI is InChI=1S/C17H19ClO4/c1-20-16-8-4-5-9-17(16)22-12-14(19)11-21-10-13-6-2-3-7-15(13)18/h2-9,14,19H,10-12H2,1H3. The van der Waals surface area contributed by atoms with Gasteiger partial charge in [0.15, 0.2) is 11.5 Å². The van der Waals surface area contributed by atoms with Gasteiger partial charge in [-0.05, 0) is 23.8 Å². The lowest BCUT2D eigenvalue weighted by molar-refractivity contribution is 0.00510. The zero-order valence-corrected chi connectivity index (χ0v) is 13.1. The third kappa shape index (κ3) is 4.91. The van der Waals surface area contributed by atoms with E-state index in [1.807, 2.05) is 36.4 Å². The number of halogens is 1. The van der Waals surface area contributed by atoms with E-state index in [0.29, 0.717) is 23.1 Å². The fourth-order valence-corrected chi connectivity index (χ4v) is 2.08. The number of hydrogen-bond donors (Lipinski definition) is 1. The molecule has 0 heterocycles. The summed E-state index contributed by atoms with van der Waals surface area (Å²) < 4.78 is 16.2. The molecule has 1 N–H and O–H groups in total. The molecule has 1 atom stereocenters. The van der Waals surface area contributed by atoms with Crippen molar-refractivity contribution in [2.24, 2.45) is 0 Å². The van der Waals surface area contributed by atoms with E-state index >= 15 is 0 Å². The SMILES string of the molecule is COc1ccccc1OCC(O)COCc1ccccc1Cl. The third-order valence-electron chi connectivity index (χ3n) is 3.03. The number of hydrogen-bond acceptors (Lipinski definition) is 4. The van der Waals surface area contributed by atoms with E-state index in [9.17, 15) is 5.11 Å². The lowest BCUT2D eigenvalue weighted by Gasteiger charge is -2.14. The van der Waals surface area contributed by atoms with Crippen molar-refractivity contribution in [2.45, 2.75) is 12.7 Å². The minimum Gasteiger partial charge on any atom is -0.493 e. The van der Waals surface area contributed by atoms with Crippen molar-refractivity contribution in [3.05, 3.63) is 59.1 Å². The molecular formula is C17H19ClO4. The van der Waals surface area contributed by atoms with Crippen LogP contribution in [0.4, 0.5) is 0 Å². The summed E-state index contributed by atoms with van der Waals surface area (Å²) in [5, 5.41) is 10.6. The maximum Gasteiger partial charge on any atom is 0.161 e. The summed E-state index contributed by atoms with van der Waals surface area (Å²) in [5.41, 5.74) is 0.891. The summed E-state index contributed by atoms with van der Waals surface area (Å²) in [4.78, 5) is 0. The Kier molecular flexibility index (Phi) is 6.52. The molecule has 0 aliphatic carbocycles. The Morgan fingerprint density at radius 3 is 2.41 bits per heavy atom. The first-order chi connectivity index (χ1) is 10.7. The maximum absolute atomic E-state index is 9.90. The molecule has 0 bridgehead atoms. The highest BCUT2D eigenvalue weighted by Gasteiger charge is 2.09. The molecule has 0 amide bonds. The minimum absolute atomic E-state index is 0.128. The highest BCUT2D eigenvalue weighted by molar-refractivity contribution is 6.31. The predicted molar refractivity (Wildman–Crippen MR) is 85.6 cm³/mol. The van der Waals surface area contributed by atoms with Crippen molar-refractivity contribution in [3.8, 4) is 11.5 Å². The molecule has 2 aromatic carbocycles. The van der Waals surface area contributed by atoms with Crippen LogP contribution in [0, 0.1) is 0 Å². The van der Waals surface area contributed by atoms with E-state index in [-0.39, 0.29) is 13.2 Å². The van der Waals surface area contributed by atoms with Crippen LogP contribution in [0.2, 0.25) is 5.02 Å². The van der Waals surface area contributed by atoms with E-state index in [0.717, 1.165) is 5.56 Å². The van der Waals surface area contributed by atoms with E-state index in [2.05, 4.69) is 0 Å². The molecule has 118 valence electrons. The Balaban J connectivity index is 1.74. The Labute approximate surface area is 135 Å². The first kappa shape index (κ1) is 16.6. The summed E-state index contributed by atoms with van der Waals surface area (Å²) in [6.07, 6.45) is -0.729. The fraction of sp³-hybridized carbons (Fsp3) is 0.294. The van der Waals surface area contributed by atoms with Gasteiger partial charge in [0.2, 0.25) is 0 Å². The van der Waals surface area contributed by atoms with Crippen LogP contribution in [0.15, 0.2) is 48.5 Å². The molecule has 0 radical (unpaired) electrons. The van der Waals surface area contributed by atoms with Crippen LogP contribution in [0.25, 0.3) is 0 Å². The van der Waals surface area contributed by atoms with Gasteiger partial charge in [0.05, 0.1) is 20.3 Å². The third-order valence-corrected chi connectivity index (χ3v) is 3.39. The van der Waals surface area contributed by atoms with Crippen molar-refractivity contribution >= 4 is 11.6 Å². The van der Waals surface area contributed by atoms with Crippen LogP contribution >= 0.6 is 11.6 Å². The molecule has 0 saturated heterocycles. The summed E-state index contributed by atoms with van der Waals surface area (Å²) in [6.45, 7) is 0.647. The molecule has 5 heteroatoms. The average molecular weight is 323 g/mol.